The minimum absolute atomic E-state index is 0.0632. The Morgan fingerprint density at radius 1 is 1.03 bits per heavy atom. The second-order valence-corrected chi connectivity index (χ2v) is 8.50. The Kier molecular flexibility index (Phi) is 7.14. The van der Waals surface area contributed by atoms with Gasteiger partial charge in [-0.3, -0.25) is 9.48 Å². The van der Waals surface area contributed by atoms with Crippen LogP contribution in [0.1, 0.15) is 48.5 Å². The van der Waals surface area contributed by atoms with E-state index in [1.165, 1.54) is 16.9 Å². The average Bonchev–Trinajstić information content (AvgIpc) is 3.41. The third-order valence-corrected chi connectivity index (χ3v) is 6.30. The van der Waals surface area contributed by atoms with Crippen molar-refractivity contribution in [3.05, 3.63) is 77.6 Å². The maximum atomic E-state index is 12.6. The predicted octanol–water partition coefficient (Wildman–Crippen LogP) is 3.37. The molecule has 0 saturated carbocycles. The van der Waals surface area contributed by atoms with Crippen LogP contribution in [0.4, 0.5) is 4.79 Å². The number of aliphatic carboxylic acids is 1. The molecule has 1 aliphatic rings. The fraction of sp³-hybridized carbons (Fsp3) is 0.308. The summed E-state index contributed by atoms with van der Waals surface area (Å²) in [6.07, 6.45) is 1.24. The van der Waals surface area contributed by atoms with Gasteiger partial charge in [0.1, 0.15) is 6.61 Å². The molecule has 0 spiro atoms. The minimum atomic E-state index is -1.23. The first kappa shape index (κ1) is 24.0. The van der Waals surface area contributed by atoms with Crippen LogP contribution in [0.3, 0.4) is 0 Å². The molecule has 0 aliphatic heterocycles. The van der Waals surface area contributed by atoms with Crippen LogP contribution in [-0.2, 0) is 21.4 Å². The molecule has 0 radical (unpaired) electrons. The SMILES string of the molecule is CCC(CC(=O)NC(C(=O)O)c1ccnn1C)NC(=O)OCC1c2ccccc2-c2ccccc21. The molecule has 0 bridgehead atoms. The maximum absolute atomic E-state index is 12.6. The number of rotatable bonds is 9. The van der Waals surface area contributed by atoms with E-state index in [9.17, 15) is 19.5 Å². The Morgan fingerprint density at radius 3 is 2.20 bits per heavy atom. The highest BCUT2D eigenvalue weighted by Crippen LogP contribution is 2.44. The van der Waals surface area contributed by atoms with Gasteiger partial charge in [0.05, 0.1) is 5.69 Å². The standard InChI is InChI=1S/C26H28N4O5/c1-3-16(14-23(31)29-24(25(32)33)22-12-13-27-30(22)2)28-26(34)35-15-21-19-10-6-4-8-17(19)18-9-5-7-11-20(18)21/h4-13,16,21,24H,3,14-15H2,1-2H3,(H,28,34)(H,29,31)(H,32,33). The molecule has 9 heteroatoms. The van der Waals surface area contributed by atoms with Crippen LogP contribution in [0.2, 0.25) is 0 Å². The minimum Gasteiger partial charge on any atom is -0.479 e. The molecule has 9 nitrogen and oxygen atoms in total. The number of aryl methyl sites for hydroxylation is 1. The number of hydrogen-bond acceptors (Lipinski definition) is 5. The molecular formula is C26H28N4O5. The van der Waals surface area contributed by atoms with Gasteiger partial charge in [-0.05, 0) is 34.7 Å². The normalized spacial score (nSPS) is 13.9. The lowest BCUT2D eigenvalue weighted by Crippen LogP contribution is -2.41. The number of carboxylic acid groups (broad SMARTS) is 1. The van der Waals surface area contributed by atoms with Gasteiger partial charge in [-0.1, -0.05) is 55.5 Å². The zero-order valence-corrected chi connectivity index (χ0v) is 19.6. The van der Waals surface area contributed by atoms with Crippen molar-refractivity contribution in [1.29, 1.82) is 0 Å². The van der Waals surface area contributed by atoms with Crippen LogP contribution in [-0.4, -0.2) is 45.5 Å². The molecule has 1 aliphatic carbocycles. The van der Waals surface area contributed by atoms with Gasteiger partial charge in [-0.15, -0.1) is 0 Å². The number of amides is 2. The van der Waals surface area contributed by atoms with Gasteiger partial charge in [0.25, 0.3) is 0 Å². The molecule has 0 fully saturated rings. The van der Waals surface area contributed by atoms with E-state index in [-0.39, 0.29) is 18.9 Å². The summed E-state index contributed by atoms with van der Waals surface area (Å²) in [6.45, 7) is 2.00. The highest BCUT2D eigenvalue weighted by Gasteiger charge is 2.30. The van der Waals surface area contributed by atoms with Crippen LogP contribution >= 0.6 is 0 Å². The van der Waals surface area contributed by atoms with Crippen LogP contribution in [0.15, 0.2) is 60.8 Å². The second-order valence-electron chi connectivity index (χ2n) is 8.50. The van der Waals surface area contributed by atoms with Gasteiger partial charge < -0.3 is 20.5 Å². The predicted molar refractivity (Wildman–Crippen MR) is 129 cm³/mol. The van der Waals surface area contributed by atoms with E-state index >= 15 is 0 Å². The molecular weight excluding hydrogens is 448 g/mol. The van der Waals surface area contributed by atoms with E-state index < -0.39 is 30.1 Å². The van der Waals surface area contributed by atoms with Gasteiger partial charge in [-0.2, -0.15) is 5.10 Å². The van der Waals surface area contributed by atoms with E-state index in [4.69, 9.17) is 4.74 Å². The van der Waals surface area contributed by atoms with Gasteiger partial charge in [0.15, 0.2) is 6.04 Å². The largest absolute Gasteiger partial charge is 0.479 e. The van der Waals surface area contributed by atoms with Crippen molar-refractivity contribution < 1.29 is 24.2 Å². The Bertz CT molecular complexity index is 1190. The number of fused-ring (bicyclic) bond motifs is 3. The highest BCUT2D eigenvalue weighted by atomic mass is 16.5. The van der Waals surface area contributed by atoms with Crippen molar-refractivity contribution in [3.63, 3.8) is 0 Å². The molecule has 3 N–H and O–H groups in total. The zero-order chi connectivity index (χ0) is 24.9. The first-order chi connectivity index (χ1) is 16.9. The molecule has 2 atom stereocenters. The summed E-state index contributed by atoms with van der Waals surface area (Å²) in [5, 5.41) is 18.7. The fourth-order valence-electron chi connectivity index (χ4n) is 4.48. The van der Waals surface area contributed by atoms with E-state index in [1.54, 1.807) is 7.05 Å². The number of benzene rings is 2. The average molecular weight is 477 g/mol. The number of carboxylic acids is 1. The molecule has 3 aromatic rings. The third-order valence-electron chi connectivity index (χ3n) is 6.30. The van der Waals surface area contributed by atoms with Crippen molar-refractivity contribution in [2.24, 2.45) is 7.05 Å². The number of nitrogens with zero attached hydrogens (tertiary/aromatic N) is 2. The maximum Gasteiger partial charge on any atom is 0.407 e. The molecule has 2 aromatic carbocycles. The smallest absolute Gasteiger partial charge is 0.407 e. The summed E-state index contributed by atoms with van der Waals surface area (Å²) in [4.78, 5) is 36.8. The van der Waals surface area contributed by atoms with Gasteiger partial charge >= 0.3 is 12.1 Å². The van der Waals surface area contributed by atoms with Gasteiger partial charge in [-0.25, -0.2) is 9.59 Å². The third kappa shape index (κ3) is 5.18. The number of hydrogen-bond donors (Lipinski definition) is 3. The Hall–Kier alpha value is -4.14. The highest BCUT2D eigenvalue weighted by molar-refractivity contribution is 5.85. The summed E-state index contributed by atoms with van der Waals surface area (Å²) in [5.74, 6) is -1.75. The van der Waals surface area contributed by atoms with Crippen LogP contribution in [0.5, 0.6) is 0 Å². The van der Waals surface area contributed by atoms with E-state index in [1.807, 2.05) is 43.3 Å². The molecule has 1 heterocycles. The summed E-state index contributed by atoms with van der Waals surface area (Å²) in [6, 6.07) is 15.9. The number of ether oxygens (including phenoxy) is 1. The fourth-order valence-corrected chi connectivity index (χ4v) is 4.48. The first-order valence-corrected chi connectivity index (χ1v) is 11.5. The molecule has 2 amide bonds. The first-order valence-electron chi connectivity index (χ1n) is 11.5. The lowest BCUT2D eigenvalue weighted by Gasteiger charge is -2.20. The summed E-state index contributed by atoms with van der Waals surface area (Å²) in [7, 11) is 1.60. The van der Waals surface area contributed by atoms with Crippen molar-refractivity contribution in [1.82, 2.24) is 20.4 Å². The lowest BCUT2D eigenvalue weighted by molar-refractivity contribution is -0.142. The lowest BCUT2D eigenvalue weighted by atomic mass is 9.98. The molecule has 182 valence electrons. The molecule has 2 unspecified atom stereocenters. The Morgan fingerprint density at radius 2 is 1.66 bits per heavy atom. The van der Waals surface area contributed by atoms with E-state index in [0.717, 1.165) is 22.3 Å². The molecule has 0 saturated heterocycles. The number of nitrogens with one attached hydrogen (secondary N) is 2. The summed E-state index contributed by atoms with van der Waals surface area (Å²) < 4.78 is 6.95. The van der Waals surface area contributed by atoms with Crippen molar-refractivity contribution in [3.8, 4) is 11.1 Å². The summed E-state index contributed by atoms with van der Waals surface area (Å²) >= 11 is 0. The second kappa shape index (κ2) is 10.4. The molecule has 1 aromatic heterocycles. The Labute approximate surface area is 203 Å². The van der Waals surface area contributed by atoms with E-state index in [0.29, 0.717) is 12.1 Å². The number of carbonyl (C=O) groups is 3. The van der Waals surface area contributed by atoms with E-state index in [2.05, 4.69) is 27.9 Å². The monoisotopic (exact) mass is 476 g/mol. The van der Waals surface area contributed by atoms with Gasteiger partial charge in [0.2, 0.25) is 5.91 Å². The quantitative estimate of drug-likeness (QED) is 0.435. The number of alkyl carbamates (subject to hydrolysis) is 1. The van der Waals surface area contributed by atoms with Crippen LogP contribution < -0.4 is 10.6 Å². The van der Waals surface area contributed by atoms with Crippen molar-refractivity contribution in [2.75, 3.05) is 6.61 Å². The topological polar surface area (TPSA) is 123 Å². The van der Waals surface area contributed by atoms with Crippen molar-refractivity contribution >= 4 is 18.0 Å². The zero-order valence-electron chi connectivity index (χ0n) is 19.6. The van der Waals surface area contributed by atoms with Gasteiger partial charge in [0, 0.05) is 31.6 Å². The van der Waals surface area contributed by atoms with Crippen LogP contribution in [0.25, 0.3) is 11.1 Å². The molecule has 35 heavy (non-hydrogen) atoms. The summed E-state index contributed by atoms with van der Waals surface area (Å²) in [5.41, 5.74) is 4.86. The van der Waals surface area contributed by atoms with Crippen molar-refractivity contribution in [2.45, 2.75) is 37.8 Å². The Balaban J connectivity index is 1.34. The number of carbonyl (C=O) groups excluding carboxylic acids is 2. The van der Waals surface area contributed by atoms with Crippen LogP contribution in [0, 0.1) is 0 Å². The molecule has 4 rings (SSSR count). The number of aromatic nitrogens is 2.